The van der Waals surface area contributed by atoms with Gasteiger partial charge in [0, 0.05) is 31.1 Å². The Hall–Kier alpha value is -3.09. The van der Waals surface area contributed by atoms with Crippen molar-refractivity contribution in [3.05, 3.63) is 47.5 Å². The lowest BCUT2D eigenvalue weighted by Crippen LogP contribution is -2.45. The van der Waals surface area contributed by atoms with E-state index in [1.165, 1.54) is 0 Å². The van der Waals surface area contributed by atoms with Crippen LogP contribution in [0.3, 0.4) is 0 Å². The summed E-state index contributed by atoms with van der Waals surface area (Å²) >= 11 is 0. The molecule has 2 aromatic rings. The topological polar surface area (TPSA) is 73.3 Å². The number of nitrogens with zero attached hydrogens (tertiary/aromatic N) is 1. The Morgan fingerprint density at radius 2 is 1.80 bits per heavy atom. The molecule has 7 nitrogen and oxygen atoms in total. The molecule has 1 atom stereocenters. The van der Waals surface area contributed by atoms with Crippen LogP contribution >= 0.6 is 0 Å². The second kappa shape index (κ2) is 9.15. The summed E-state index contributed by atoms with van der Waals surface area (Å²) < 4.78 is 22.5. The zero-order valence-corrected chi connectivity index (χ0v) is 18.5. The number of guanidine groups is 1. The molecule has 7 heteroatoms. The van der Waals surface area contributed by atoms with Gasteiger partial charge in [0.1, 0.15) is 11.4 Å². The lowest BCUT2D eigenvalue weighted by molar-refractivity contribution is 0.0694. The molecular formula is C23H31N3O4. The molecule has 0 radical (unpaired) electrons. The van der Waals surface area contributed by atoms with Crippen LogP contribution in [0.5, 0.6) is 23.0 Å². The maximum Gasteiger partial charge on any atom is 0.203 e. The fraction of sp³-hybridized carbons (Fsp3) is 0.435. The first-order valence-electron chi connectivity index (χ1n) is 9.95. The highest BCUT2D eigenvalue weighted by Gasteiger charge is 2.34. The number of hydrogen-bond donors (Lipinski definition) is 2. The van der Waals surface area contributed by atoms with Gasteiger partial charge in [-0.05, 0) is 32.0 Å². The summed E-state index contributed by atoms with van der Waals surface area (Å²) in [5.41, 5.74) is 1.80. The van der Waals surface area contributed by atoms with E-state index in [0.717, 1.165) is 23.3 Å². The fourth-order valence-corrected chi connectivity index (χ4v) is 3.77. The van der Waals surface area contributed by atoms with Gasteiger partial charge in [-0.3, -0.25) is 4.99 Å². The average molecular weight is 414 g/mol. The number of para-hydroxylation sites is 1. The van der Waals surface area contributed by atoms with Crippen LogP contribution in [-0.4, -0.2) is 39.9 Å². The molecule has 0 fully saturated rings. The molecule has 0 spiro atoms. The van der Waals surface area contributed by atoms with Crippen molar-refractivity contribution >= 4 is 5.96 Å². The summed E-state index contributed by atoms with van der Waals surface area (Å²) in [4.78, 5) is 4.41. The minimum Gasteiger partial charge on any atom is -0.493 e. The van der Waals surface area contributed by atoms with E-state index in [4.69, 9.17) is 18.9 Å². The summed E-state index contributed by atoms with van der Waals surface area (Å²) in [6.07, 6.45) is 0.824. The molecule has 0 aliphatic carbocycles. The van der Waals surface area contributed by atoms with Crippen molar-refractivity contribution in [2.24, 2.45) is 4.99 Å². The van der Waals surface area contributed by atoms with Crippen LogP contribution in [-0.2, 0) is 6.54 Å². The normalized spacial score (nSPS) is 17.4. The summed E-state index contributed by atoms with van der Waals surface area (Å²) in [7, 11) is 6.59. The van der Waals surface area contributed by atoms with Gasteiger partial charge in [0.25, 0.3) is 0 Å². The second-order valence-corrected chi connectivity index (χ2v) is 7.72. The van der Waals surface area contributed by atoms with Crippen molar-refractivity contribution in [3.8, 4) is 23.0 Å². The van der Waals surface area contributed by atoms with Crippen molar-refractivity contribution in [1.82, 2.24) is 10.6 Å². The number of aliphatic imine (C=N–C) groups is 1. The van der Waals surface area contributed by atoms with Gasteiger partial charge in [-0.25, -0.2) is 0 Å². The van der Waals surface area contributed by atoms with Crippen LogP contribution in [0.25, 0.3) is 0 Å². The van der Waals surface area contributed by atoms with E-state index in [-0.39, 0.29) is 11.6 Å². The van der Waals surface area contributed by atoms with Gasteiger partial charge in [-0.1, -0.05) is 18.2 Å². The molecule has 3 rings (SSSR count). The summed E-state index contributed by atoms with van der Waals surface area (Å²) in [6.45, 7) is 4.71. The van der Waals surface area contributed by atoms with E-state index in [1.807, 2.05) is 30.3 Å². The molecule has 0 saturated carbocycles. The van der Waals surface area contributed by atoms with Gasteiger partial charge in [0.2, 0.25) is 5.75 Å². The monoisotopic (exact) mass is 413 g/mol. The Labute approximate surface area is 178 Å². The zero-order chi connectivity index (χ0) is 21.7. The number of fused-ring (bicyclic) bond motifs is 1. The quantitative estimate of drug-likeness (QED) is 0.556. The third kappa shape index (κ3) is 4.56. The van der Waals surface area contributed by atoms with Crippen molar-refractivity contribution in [2.45, 2.75) is 38.5 Å². The van der Waals surface area contributed by atoms with E-state index in [2.05, 4.69) is 35.5 Å². The van der Waals surface area contributed by atoms with Crippen LogP contribution < -0.4 is 29.6 Å². The van der Waals surface area contributed by atoms with E-state index >= 15 is 0 Å². The maximum atomic E-state index is 6.13. The Morgan fingerprint density at radius 1 is 1.07 bits per heavy atom. The molecule has 1 aliphatic rings. The molecule has 1 unspecified atom stereocenters. The summed E-state index contributed by atoms with van der Waals surface area (Å²) in [6, 6.07) is 12.0. The average Bonchev–Trinajstić information content (AvgIpc) is 2.74. The second-order valence-electron chi connectivity index (χ2n) is 7.72. The van der Waals surface area contributed by atoms with Crippen LogP contribution in [0.4, 0.5) is 0 Å². The summed E-state index contributed by atoms with van der Waals surface area (Å²) in [5, 5.41) is 6.91. The minimum absolute atomic E-state index is 0.0865. The van der Waals surface area contributed by atoms with Crippen molar-refractivity contribution in [3.63, 3.8) is 0 Å². The largest absolute Gasteiger partial charge is 0.493 e. The van der Waals surface area contributed by atoms with E-state index in [9.17, 15) is 0 Å². The highest BCUT2D eigenvalue weighted by atomic mass is 16.5. The van der Waals surface area contributed by atoms with Gasteiger partial charge in [-0.15, -0.1) is 0 Å². The van der Waals surface area contributed by atoms with Crippen LogP contribution in [0, 0.1) is 0 Å². The van der Waals surface area contributed by atoms with Gasteiger partial charge < -0.3 is 29.6 Å². The van der Waals surface area contributed by atoms with E-state index < -0.39 is 0 Å². The lowest BCUT2D eigenvalue weighted by Gasteiger charge is -2.38. The zero-order valence-electron chi connectivity index (χ0n) is 18.5. The molecule has 30 heavy (non-hydrogen) atoms. The number of rotatable bonds is 6. The van der Waals surface area contributed by atoms with E-state index in [0.29, 0.717) is 29.8 Å². The number of benzene rings is 2. The first kappa shape index (κ1) is 21.6. The molecule has 2 aromatic carbocycles. The molecule has 0 bridgehead atoms. The highest BCUT2D eigenvalue weighted by Crippen LogP contribution is 2.40. The standard InChI is InChI=1S/C23H31N3O4/c1-23(2)13-17(16-9-7-8-10-18(16)30-23)26-22(24-3)25-14-15-11-12-19(27-4)21(29-6)20(15)28-5/h7-12,17H,13-14H2,1-6H3,(H2,24,25,26). The molecule has 162 valence electrons. The number of nitrogens with one attached hydrogen (secondary N) is 2. The van der Waals surface area contributed by atoms with Gasteiger partial charge >= 0.3 is 0 Å². The summed E-state index contributed by atoms with van der Waals surface area (Å²) in [5.74, 6) is 3.44. The highest BCUT2D eigenvalue weighted by molar-refractivity contribution is 5.80. The number of ether oxygens (including phenoxy) is 4. The first-order chi connectivity index (χ1) is 14.4. The van der Waals surface area contributed by atoms with Gasteiger partial charge in [-0.2, -0.15) is 0 Å². The Bertz CT molecular complexity index is 911. The Morgan fingerprint density at radius 3 is 2.47 bits per heavy atom. The maximum absolute atomic E-state index is 6.13. The smallest absolute Gasteiger partial charge is 0.203 e. The molecule has 2 N–H and O–H groups in total. The predicted molar refractivity (Wildman–Crippen MR) is 118 cm³/mol. The molecule has 1 aliphatic heterocycles. The van der Waals surface area contributed by atoms with Crippen LogP contribution in [0.1, 0.15) is 37.4 Å². The third-order valence-corrected chi connectivity index (χ3v) is 5.14. The SMILES string of the molecule is CN=C(NCc1ccc(OC)c(OC)c1OC)NC1CC(C)(C)Oc2ccccc21. The van der Waals surface area contributed by atoms with Gasteiger partial charge in [0.05, 0.1) is 27.4 Å². The number of methoxy groups -OCH3 is 3. The number of hydrogen-bond acceptors (Lipinski definition) is 5. The van der Waals surface area contributed by atoms with E-state index in [1.54, 1.807) is 28.4 Å². The van der Waals surface area contributed by atoms with Gasteiger partial charge in [0.15, 0.2) is 17.5 Å². The van der Waals surface area contributed by atoms with Crippen molar-refractivity contribution in [2.75, 3.05) is 28.4 Å². The molecule has 0 amide bonds. The van der Waals surface area contributed by atoms with Crippen LogP contribution in [0.2, 0.25) is 0 Å². The Balaban J connectivity index is 1.77. The minimum atomic E-state index is -0.266. The molecule has 0 saturated heterocycles. The van der Waals surface area contributed by atoms with Crippen LogP contribution in [0.15, 0.2) is 41.4 Å². The molecular weight excluding hydrogens is 382 g/mol. The van der Waals surface area contributed by atoms with Crippen molar-refractivity contribution in [1.29, 1.82) is 0 Å². The molecule has 0 aromatic heterocycles. The lowest BCUT2D eigenvalue weighted by atomic mass is 9.90. The molecule has 1 heterocycles. The fourth-order valence-electron chi connectivity index (χ4n) is 3.77. The Kier molecular flexibility index (Phi) is 6.59. The van der Waals surface area contributed by atoms with Crippen molar-refractivity contribution < 1.29 is 18.9 Å². The third-order valence-electron chi connectivity index (χ3n) is 5.14. The first-order valence-corrected chi connectivity index (χ1v) is 9.95. The predicted octanol–water partition coefficient (Wildman–Crippen LogP) is 3.68.